The normalized spacial score (nSPS) is 12.0. The summed E-state index contributed by atoms with van der Waals surface area (Å²) in [7, 11) is 0. The van der Waals surface area contributed by atoms with Crippen molar-refractivity contribution in [2.24, 2.45) is 0 Å². The molecule has 0 saturated carbocycles. The van der Waals surface area contributed by atoms with Gasteiger partial charge in [-0.05, 0) is 23.8 Å². The summed E-state index contributed by atoms with van der Waals surface area (Å²) in [6, 6.07) is 14.6. The van der Waals surface area contributed by atoms with Gasteiger partial charge in [0.15, 0.2) is 0 Å². The van der Waals surface area contributed by atoms with Crippen molar-refractivity contribution in [1.29, 1.82) is 0 Å². The molecule has 0 spiro atoms. The molecule has 1 atom stereocenters. The minimum atomic E-state index is -0.694. The highest BCUT2D eigenvalue weighted by molar-refractivity contribution is 5.85. The number of benzene rings is 1. The van der Waals surface area contributed by atoms with Gasteiger partial charge >= 0.3 is 0 Å². The Hall–Kier alpha value is -3.58. The van der Waals surface area contributed by atoms with Crippen molar-refractivity contribution in [3.63, 3.8) is 0 Å². The molecule has 3 aromatic heterocycles. The van der Waals surface area contributed by atoms with E-state index in [2.05, 4.69) is 15.1 Å². The standard InChI is InChI=1S/C20H17N5O2/c26-20(24-27)18(9-14-5-2-1-3-6-14)25-19-13-22-17(10-16(19)12-23-25)15-7-4-8-21-11-15/h1-8,10-13,18,27H,9H2,(H,24,26). The second-order valence-electron chi connectivity index (χ2n) is 6.14. The smallest absolute Gasteiger partial charge is 0.268 e. The summed E-state index contributed by atoms with van der Waals surface area (Å²) in [6.07, 6.45) is 7.24. The van der Waals surface area contributed by atoms with Gasteiger partial charge < -0.3 is 0 Å². The third-order valence-corrected chi connectivity index (χ3v) is 4.42. The summed E-state index contributed by atoms with van der Waals surface area (Å²) < 4.78 is 1.59. The van der Waals surface area contributed by atoms with Gasteiger partial charge in [0.2, 0.25) is 0 Å². The first-order valence-corrected chi connectivity index (χ1v) is 8.48. The van der Waals surface area contributed by atoms with Crippen LogP contribution in [0.1, 0.15) is 11.6 Å². The quantitative estimate of drug-likeness (QED) is 0.422. The summed E-state index contributed by atoms with van der Waals surface area (Å²) >= 11 is 0. The molecule has 0 aliphatic carbocycles. The Bertz CT molecular complexity index is 1060. The third kappa shape index (κ3) is 3.40. The zero-order chi connectivity index (χ0) is 18.6. The molecule has 0 radical (unpaired) electrons. The van der Waals surface area contributed by atoms with Crippen LogP contribution in [0.3, 0.4) is 0 Å². The molecule has 1 unspecified atom stereocenters. The number of amides is 1. The fraction of sp³-hybridized carbons (Fsp3) is 0.100. The van der Waals surface area contributed by atoms with Gasteiger partial charge in [-0.15, -0.1) is 0 Å². The van der Waals surface area contributed by atoms with Crippen molar-refractivity contribution in [1.82, 2.24) is 25.2 Å². The maximum Gasteiger partial charge on any atom is 0.268 e. The molecule has 1 aromatic carbocycles. The van der Waals surface area contributed by atoms with Gasteiger partial charge in [-0.2, -0.15) is 5.10 Å². The lowest BCUT2D eigenvalue weighted by molar-refractivity contribution is -0.132. The van der Waals surface area contributed by atoms with E-state index < -0.39 is 11.9 Å². The summed E-state index contributed by atoms with van der Waals surface area (Å²) in [4.78, 5) is 20.9. The van der Waals surface area contributed by atoms with E-state index in [-0.39, 0.29) is 0 Å². The van der Waals surface area contributed by atoms with E-state index in [0.29, 0.717) is 11.9 Å². The number of hydrogen-bond donors (Lipinski definition) is 2. The van der Waals surface area contributed by atoms with Crippen LogP contribution in [-0.2, 0) is 11.2 Å². The lowest BCUT2D eigenvalue weighted by atomic mass is 10.1. The number of fused-ring (bicyclic) bond motifs is 1. The molecule has 0 aliphatic heterocycles. The summed E-state index contributed by atoms with van der Waals surface area (Å²) in [5.74, 6) is -0.528. The van der Waals surface area contributed by atoms with E-state index in [1.54, 1.807) is 34.9 Å². The molecule has 0 bridgehead atoms. The number of nitrogens with one attached hydrogen (secondary N) is 1. The van der Waals surface area contributed by atoms with E-state index in [1.165, 1.54) is 0 Å². The van der Waals surface area contributed by atoms with Crippen LogP contribution in [0, 0.1) is 0 Å². The number of carbonyl (C=O) groups is 1. The predicted octanol–water partition coefficient (Wildman–Crippen LogP) is 2.78. The summed E-state index contributed by atoms with van der Waals surface area (Å²) in [5.41, 5.74) is 5.11. The first-order valence-electron chi connectivity index (χ1n) is 8.48. The first-order chi connectivity index (χ1) is 13.3. The third-order valence-electron chi connectivity index (χ3n) is 4.42. The first kappa shape index (κ1) is 16.9. The fourth-order valence-corrected chi connectivity index (χ4v) is 3.07. The van der Waals surface area contributed by atoms with Gasteiger partial charge in [0.05, 0.1) is 23.6 Å². The van der Waals surface area contributed by atoms with Gasteiger partial charge in [0, 0.05) is 29.8 Å². The molecule has 0 fully saturated rings. The van der Waals surface area contributed by atoms with E-state index in [4.69, 9.17) is 0 Å². The SMILES string of the molecule is O=C(NO)C(Cc1ccccc1)n1ncc2cc(-c3cccnc3)ncc21. The van der Waals surface area contributed by atoms with Crippen LogP contribution in [-0.4, -0.2) is 30.9 Å². The van der Waals surface area contributed by atoms with Crippen molar-refractivity contribution in [2.45, 2.75) is 12.5 Å². The highest BCUT2D eigenvalue weighted by Crippen LogP contribution is 2.24. The highest BCUT2D eigenvalue weighted by Gasteiger charge is 2.23. The number of carbonyl (C=O) groups excluding carboxylic acids is 1. The molecule has 1 amide bonds. The Morgan fingerprint density at radius 3 is 2.70 bits per heavy atom. The van der Waals surface area contributed by atoms with Gasteiger partial charge in [0.1, 0.15) is 6.04 Å². The minimum absolute atomic E-state index is 0.397. The fourth-order valence-electron chi connectivity index (χ4n) is 3.07. The Balaban J connectivity index is 1.73. The van der Waals surface area contributed by atoms with Gasteiger partial charge in [-0.3, -0.25) is 24.7 Å². The predicted molar refractivity (Wildman–Crippen MR) is 99.9 cm³/mol. The van der Waals surface area contributed by atoms with Crippen LogP contribution in [0.15, 0.2) is 73.3 Å². The van der Waals surface area contributed by atoms with Crippen LogP contribution in [0.2, 0.25) is 0 Å². The highest BCUT2D eigenvalue weighted by atomic mass is 16.5. The number of hydroxylamine groups is 1. The van der Waals surface area contributed by atoms with Crippen molar-refractivity contribution in [2.75, 3.05) is 0 Å². The Labute approximate surface area is 155 Å². The molecule has 4 aromatic rings. The molecule has 3 heterocycles. The average molecular weight is 359 g/mol. The van der Waals surface area contributed by atoms with E-state index in [1.807, 2.05) is 48.5 Å². The van der Waals surface area contributed by atoms with Crippen LogP contribution in [0.25, 0.3) is 22.2 Å². The van der Waals surface area contributed by atoms with Gasteiger partial charge in [0.25, 0.3) is 5.91 Å². The molecular weight excluding hydrogens is 342 g/mol. The van der Waals surface area contributed by atoms with E-state index in [9.17, 15) is 10.0 Å². The number of aromatic nitrogens is 4. The molecule has 27 heavy (non-hydrogen) atoms. The van der Waals surface area contributed by atoms with Crippen molar-refractivity contribution >= 4 is 16.8 Å². The van der Waals surface area contributed by atoms with Crippen LogP contribution < -0.4 is 5.48 Å². The Morgan fingerprint density at radius 1 is 1.11 bits per heavy atom. The van der Waals surface area contributed by atoms with Crippen LogP contribution in [0.5, 0.6) is 0 Å². The molecular formula is C20H17N5O2. The number of pyridine rings is 2. The monoisotopic (exact) mass is 359 g/mol. The lowest BCUT2D eigenvalue weighted by Gasteiger charge is -2.16. The maximum atomic E-state index is 12.3. The largest absolute Gasteiger partial charge is 0.289 e. The zero-order valence-electron chi connectivity index (χ0n) is 14.4. The lowest BCUT2D eigenvalue weighted by Crippen LogP contribution is -2.32. The topological polar surface area (TPSA) is 92.9 Å². The minimum Gasteiger partial charge on any atom is -0.289 e. The van der Waals surface area contributed by atoms with Crippen LogP contribution in [0.4, 0.5) is 0 Å². The molecule has 7 nitrogen and oxygen atoms in total. The number of nitrogens with zero attached hydrogens (tertiary/aromatic N) is 4. The molecule has 2 N–H and O–H groups in total. The molecule has 4 rings (SSSR count). The second-order valence-corrected chi connectivity index (χ2v) is 6.14. The van der Waals surface area contributed by atoms with Gasteiger partial charge in [-0.25, -0.2) is 5.48 Å². The maximum absolute atomic E-state index is 12.3. The number of rotatable bonds is 5. The average Bonchev–Trinajstić information content (AvgIpc) is 3.16. The summed E-state index contributed by atoms with van der Waals surface area (Å²) in [6.45, 7) is 0. The second kappa shape index (κ2) is 7.35. The van der Waals surface area contributed by atoms with Gasteiger partial charge in [-0.1, -0.05) is 30.3 Å². The van der Waals surface area contributed by atoms with Crippen molar-refractivity contribution in [3.05, 3.63) is 78.9 Å². The van der Waals surface area contributed by atoms with Crippen molar-refractivity contribution < 1.29 is 10.0 Å². The Morgan fingerprint density at radius 2 is 1.96 bits per heavy atom. The summed E-state index contributed by atoms with van der Waals surface area (Å²) in [5, 5.41) is 14.4. The van der Waals surface area contributed by atoms with E-state index in [0.717, 1.165) is 22.2 Å². The molecule has 0 aliphatic rings. The van der Waals surface area contributed by atoms with E-state index >= 15 is 0 Å². The van der Waals surface area contributed by atoms with Crippen LogP contribution >= 0.6 is 0 Å². The Kier molecular flexibility index (Phi) is 4.59. The molecule has 7 heteroatoms. The molecule has 0 saturated heterocycles. The van der Waals surface area contributed by atoms with Crippen molar-refractivity contribution in [3.8, 4) is 11.3 Å². The number of hydrogen-bond acceptors (Lipinski definition) is 5. The zero-order valence-corrected chi connectivity index (χ0v) is 14.4. The molecule has 134 valence electrons.